The van der Waals surface area contributed by atoms with Gasteiger partial charge in [0.25, 0.3) is 0 Å². The number of likely N-dealkylation sites (N-methyl/N-ethyl adjacent to an activating group) is 1. The summed E-state index contributed by atoms with van der Waals surface area (Å²) in [6, 6.07) is 13.7. The van der Waals surface area contributed by atoms with Crippen molar-refractivity contribution in [1.82, 2.24) is 14.9 Å². The number of fused-ring (bicyclic) bond motifs is 1. The van der Waals surface area contributed by atoms with Gasteiger partial charge in [0.2, 0.25) is 5.95 Å². The fourth-order valence-corrected chi connectivity index (χ4v) is 4.30. The van der Waals surface area contributed by atoms with E-state index in [0.717, 1.165) is 52.2 Å². The van der Waals surface area contributed by atoms with Gasteiger partial charge >= 0.3 is 0 Å². The lowest BCUT2D eigenvalue weighted by Crippen LogP contribution is -2.43. The first-order valence-electron chi connectivity index (χ1n) is 12.4. The predicted octanol–water partition coefficient (Wildman–Crippen LogP) is 5.64. The van der Waals surface area contributed by atoms with Crippen LogP contribution in [0.2, 0.25) is 5.02 Å². The second-order valence-electron chi connectivity index (χ2n) is 10.1. The zero-order chi connectivity index (χ0) is 26.7. The molecule has 0 bridgehead atoms. The van der Waals surface area contributed by atoms with E-state index in [1.807, 2.05) is 44.6 Å². The molecule has 0 radical (unpaired) electrons. The highest BCUT2D eigenvalue weighted by Gasteiger charge is 2.26. The average molecular weight is 519 g/mol. The first kappa shape index (κ1) is 26.6. The minimum absolute atomic E-state index is 0.105. The van der Waals surface area contributed by atoms with Crippen molar-refractivity contribution in [3.05, 3.63) is 81.8 Å². The number of rotatable bonds is 8. The molecule has 0 atom stereocenters. The van der Waals surface area contributed by atoms with E-state index in [1.165, 1.54) is 0 Å². The average Bonchev–Trinajstić information content (AvgIpc) is 2.87. The van der Waals surface area contributed by atoms with E-state index >= 15 is 0 Å². The molecule has 37 heavy (non-hydrogen) atoms. The van der Waals surface area contributed by atoms with Crippen LogP contribution in [0.15, 0.2) is 59.4 Å². The molecule has 8 heteroatoms. The minimum atomic E-state index is -0.105. The highest BCUT2D eigenvalue weighted by Crippen LogP contribution is 2.34. The third-order valence-corrected chi connectivity index (χ3v) is 7.25. The van der Waals surface area contributed by atoms with E-state index in [1.54, 1.807) is 13.1 Å². The van der Waals surface area contributed by atoms with Crippen LogP contribution >= 0.6 is 11.6 Å². The third kappa shape index (κ3) is 5.78. The summed E-state index contributed by atoms with van der Waals surface area (Å²) in [5.74, 6) is 1.15. The Labute approximate surface area is 224 Å². The standard InChI is InChI=1S/C29H35ClN6O/c1-18-9-7-8-10-21(18)27(32-4)25-23(31)13-11-19-16-33-28(35-26(19)25)34-24-14-12-20(15-22(24)30)37-17-29(2,3)36(5)6/h7-10,12,14-16H,11,13,17,31H2,1-6H3,(H,33,34,35). The first-order chi connectivity index (χ1) is 17.6. The molecular formula is C29H35ClN6O. The van der Waals surface area contributed by atoms with Crippen LogP contribution in [-0.2, 0) is 6.42 Å². The van der Waals surface area contributed by atoms with Gasteiger partial charge in [-0.1, -0.05) is 35.9 Å². The topological polar surface area (TPSA) is 88.7 Å². The number of ether oxygens (including phenoxy) is 1. The Kier molecular flexibility index (Phi) is 7.85. The first-order valence-corrected chi connectivity index (χ1v) is 12.7. The van der Waals surface area contributed by atoms with Crippen LogP contribution < -0.4 is 15.8 Å². The molecule has 7 nitrogen and oxygen atoms in total. The lowest BCUT2D eigenvalue weighted by Gasteiger charge is -2.32. The molecule has 0 unspecified atom stereocenters. The highest BCUT2D eigenvalue weighted by atomic mass is 35.5. The van der Waals surface area contributed by atoms with E-state index in [4.69, 9.17) is 27.1 Å². The summed E-state index contributed by atoms with van der Waals surface area (Å²) in [4.78, 5) is 16.2. The lowest BCUT2D eigenvalue weighted by molar-refractivity contribution is 0.114. The van der Waals surface area contributed by atoms with Crippen molar-refractivity contribution >= 4 is 34.5 Å². The number of aromatic nitrogens is 2. The Hall–Kier alpha value is -3.42. The lowest BCUT2D eigenvalue weighted by atomic mass is 9.87. The summed E-state index contributed by atoms with van der Waals surface area (Å²) >= 11 is 6.60. The molecule has 3 aromatic rings. The van der Waals surface area contributed by atoms with Crippen molar-refractivity contribution in [1.29, 1.82) is 0 Å². The molecule has 1 aromatic heterocycles. The predicted molar refractivity (Wildman–Crippen MR) is 153 cm³/mol. The number of anilines is 2. The van der Waals surface area contributed by atoms with Crippen molar-refractivity contribution in [2.24, 2.45) is 10.7 Å². The van der Waals surface area contributed by atoms with Crippen LogP contribution in [0.4, 0.5) is 11.6 Å². The maximum atomic E-state index is 6.60. The van der Waals surface area contributed by atoms with Crippen molar-refractivity contribution < 1.29 is 4.74 Å². The zero-order valence-corrected chi connectivity index (χ0v) is 23.1. The minimum Gasteiger partial charge on any atom is -0.492 e. The molecule has 1 heterocycles. The van der Waals surface area contributed by atoms with Crippen LogP contribution in [0.3, 0.4) is 0 Å². The summed E-state index contributed by atoms with van der Waals surface area (Å²) in [6.07, 6.45) is 3.38. The number of allylic oxidation sites excluding steroid dienone is 2. The monoisotopic (exact) mass is 518 g/mol. The molecule has 194 valence electrons. The van der Waals surface area contributed by atoms with E-state index in [0.29, 0.717) is 29.0 Å². The number of aliphatic imine (C=N–C) groups is 1. The molecule has 0 amide bonds. The molecule has 0 spiro atoms. The van der Waals surface area contributed by atoms with Gasteiger partial charge in [-0.25, -0.2) is 9.97 Å². The summed E-state index contributed by atoms with van der Waals surface area (Å²) in [5.41, 5.74) is 13.6. The normalized spacial score (nSPS) is 14.1. The Balaban J connectivity index is 1.61. The van der Waals surface area contributed by atoms with Gasteiger partial charge in [0.1, 0.15) is 12.4 Å². The number of nitrogens with zero attached hydrogens (tertiary/aromatic N) is 4. The van der Waals surface area contributed by atoms with Crippen LogP contribution in [0, 0.1) is 6.92 Å². The molecule has 0 aliphatic heterocycles. The number of benzene rings is 2. The maximum absolute atomic E-state index is 6.60. The van der Waals surface area contributed by atoms with Crippen LogP contribution in [0.5, 0.6) is 5.75 Å². The molecule has 1 aliphatic carbocycles. The van der Waals surface area contributed by atoms with Gasteiger partial charge in [0.05, 0.1) is 22.1 Å². The van der Waals surface area contributed by atoms with Crippen molar-refractivity contribution in [2.45, 2.75) is 39.2 Å². The summed E-state index contributed by atoms with van der Waals surface area (Å²) in [6.45, 7) is 6.86. The van der Waals surface area contributed by atoms with E-state index < -0.39 is 0 Å². The molecule has 0 saturated heterocycles. The Bertz CT molecular complexity index is 1360. The van der Waals surface area contributed by atoms with Gasteiger partial charge in [-0.15, -0.1) is 0 Å². The molecule has 0 fully saturated rings. The molecule has 0 saturated carbocycles. The van der Waals surface area contributed by atoms with Gasteiger partial charge in [0.15, 0.2) is 0 Å². The van der Waals surface area contributed by atoms with Crippen molar-refractivity contribution in [3.8, 4) is 5.75 Å². The van der Waals surface area contributed by atoms with Crippen molar-refractivity contribution in [2.75, 3.05) is 33.1 Å². The van der Waals surface area contributed by atoms with E-state index in [-0.39, 0.29) is 5.54 Å². The van der Waals surface area contributed by atoms with Gasteiger partial charge in [-0.2, -0.15) is 0 Å². The second-order valence-corrected chi connectivity index (χ2v) is 10.5. The molecule has 4 rings (SSSR count). The number of nitrogens with one attached hydrogen (secondary N) is 1. The fourth-order valence-electron chi connectivity index (χ4n) is 4.08. The molecule has 1 aliphatic rings. The zero-order valence-electron chi connectivity index (χ0n) is 22.4. The van der Waals surface area contributed by atoms with E-state index in [9.17, 15) is 0 Å². The Morgan fingerprint density at radius 1 is 1.19 bits per heavy atom. The van der Waals surface area contributed by atoms with Gasteiger partial charge in [-0.05, 0) is 71.0 Å². The summed E-state index contributed by atoms with van der Waals surface area (Å²) < 4.78 is 5.99. The number of hydrogen-bond acceptors (Lipinski definition) is 7. The number of halogens is 1. The third-order valence-electron chi connectivity index (χ3n) is 6.94. The van der Waals surface area contributed by atoms with Crippen LogP contribution in [0.1, 0.15) is 42.7 Å². The molecule has 3 N–H and O–H groups in total. The van der Waals surface area contributed by atoms with E-state index in [2.05, 4.69) is 53.1 Å². The quantitative estimate of drug-likeness (QED) is 0.375. The Morgan fingerprint density at radius 3 is 2.62 bits per heavy atom. The van der Waals surface area contributed by atoms with Crippen LogP contribution in [0.25, 0.3) is 5.57 Å². The highest BCUT2D eigenvalue weighted by molar-refractivity contribution is 6.33. The van der Waals surface area contributed by atoms with Gasteiger partial charge in [0, 0.05) is 41.7 Å². The largest absolute Gasteiger partial charge is 0.492 e. The van der Waals surface area contributed by atoms with Crippen molar-refractivity contribution in [3.63, 3.8) is 0 Å². The summed E-state index contributed by atoms with van der Waals surface area (Å²) in [5, 5.41) is 3.78. The summed E-state index contributed by atoms with van der Waals surface area (Å²) in [7, 11) is 5.86. The van der Waals surface area contributed by atoms with Crippen LogP contribution in [-0.4, -0.2) is 53.9 Å². The fraction of sp³-hybridized carbons (Fsp3) is 0.345. The number of nitrogens with two attached hydrogens (primary N) is 1. The maximum Gasteiger partial charge on any atom is 0.227 e. The second kappa shape index (κ2) is 10.9. The molecular weight excluding hydrogens is 484 g/mol. The SMILES string of the molecule is CN=C(C1=C(N)CCc2cnc(Nc3ccc(OCC(C)(C)N(C)C)cc3Cl)nc21)c1ccccc1C. The van der Waals surface area contributed by atoms with Gasteiger partial charge in [-0.3, -0.25) is 4.99 Å². The Morgan fingerprint density at radius 2 is 1.95 bits per heavy atom. The number of hydrogen-bond donors (Lipinski definition) is 2. The van der Waals surface area contributed by atoms with Gasteiger partial charge < -0.3 is 20.7 Å². The smallest absolute Gasteiger partial charge is 0.227 e. The number of aryl methyl sites for hydroxylation is 2. The molecule has 2 aromatic carbocycles.